The molecule has 9 heteroatoms. The van der Waals surface area contributed by atoms with Gasteiger partial charge in [0.15, 0.2) is 0 Å². The number of hydrogen-bond donors (Lipinski definition) is 1. The number of likely N-dealkylation sites (N-methyl/N-ethyl adjacent to an activating group) is 1. The molecule has 1 unspecified atom stereocenters. The Morgan fingerprint density at radius 2 is 2.04 bits per heavy atom. The van der Waals surface area contributed by atoms with E-state index in [4.69, 9.17) is 11.6 Å². The van der Waals surface area contributed by atoms with Gasteiger partial charge < -0.3 is 15.0 Å². The van der Waals surface area contributed by atoms with Crippen LogP contribution in [0.3, 0.4) is 0 Å². The number of benzene rings is 1. The number of ether oxygens (including phenoxy) is 1. The number of nitro groups is 1. The monoisotopic (exact) mass is 370 g/mol. The lowest BCUT2D eigenvalue weighted by atomic mass is 10.1. The summed E-state index contributed by atoms with van der Waals surface area (Å²) in [6, 6.07) is 2.55. The van der Waals surface area contributed by atoms with Crippen molar-refractivity contribution in [1.29, 1.82) is 0 Å². The lowest BCUT2D eigenvalue weighted by Gasteiger charge is -2.34. The van der Waals surface area contributed by atoms with E-state index >= 15 is 0 Å². The highest BCUT2D eigenvalue weighted by Gasteiger charge is 2.23. The highest BCUT2D eigenvalue weighted by atomic mass is 35.5. The Morgan fingerprint density at radius 1 is 1.40 bits per heavy atom. The molecule has 1 atom stereocenters. The number of carbonyl (C=O) groups excluding carboxylic acids is 1. The number of hydrogen-bond acceptors (Lipinski definition) is 7. The maximum atomic E-state index is 11.7. The van der Waals surface area contributed by atoms with Crippen LogP contribution < -0.4 is 5.32 Å². The van der Waals surface area contributed by atoms with Crippen LogP contribution in [-0.2, 0) is 4.74 Å². The molecule has 0 saturated carbocycles. The van der Waals surface area contributed by atoms with Gasteiger partial charge in [0.25, 0.3) is 5.69 Å². The Bertz CT molecular complexity index is 647. The Hall–Kier alpha value is -1.90. The quantitative estimate of drug-likeness (QED) is 0.466. The summed E-state index contributed by atoms with van der Waals surface area (Å²) in [4.78, 5) is 27.1. The van der Waals surface area contributed by atoms with E-state index < -0.39 is 10.9 Å². The number of esters is 1. The van der Waals surface area contributed by atoms with Crippen molar-refractivity contribution in [2.24, 2.45) is 0 Å². The average molecular weight is 371 g/mol. The fraction of sp³-hybridized carbons (Fsp3) is 0.562. The molecule has 0 aromatic heterocycles. The predicted molar refractivity (Wildman–Crippen MR) is 96.5 cm³/mol. The van der Waals surface area contributed by atoms with E-state index in [1.54, 1.807) is 0 Å². The summed E-state index contributed by atoms with van der Waals surface area (Å²) in [5.41, 5.74) is 0.0763. The highest BCUT2D eigenvalue weighted by molar-refractivity contribution is 6.34. The fourth-order valence-corrected chi connectivity index (χ4v) is 3.06. The molecule has 0 spiro atoms. The number of piperazine rings is 1. The van der Waals surface area contributed by atoms with Crippen LogP contribution in [-0.4, -0.2) is 73.6 Å². The van der Waals surface area contributed by atoms with Crippen molar-refractivity contribution >= 4 is 28.9 Å². The molecule has 8 nitrogen and oxygen atoms in total. The van der Waals surface area contributed by atoms with Crippen LogP contribution in [0.2, 0.25) is 5.02 Å². The Labute approximate surface area is 151 Å². The molecule has 1 fully saturated rings. The third kappa shape index (κ3) is 5.04. The molecular weight excluding hydrogens is 348 g/mol. The van der Waals surface area contributed by atoms with Gasteiger partial charge in [0.1, 0.15) is 5.69 Å². The zero-order valence-corrected chi connectivity index (χ0v) is 15.4. The van der Waals surface area contributed by atoms with Gasteiger partial charge in [0, 0.05) is 44.8 Å². The maximum absolute atomic E-state index is 11.7. The van der Waals surface area contributed by atoms with Crippen molar-refractivity contribution in [3.05, 3.63) is 32.8 Å². The van der Waals surface area contributed by atoms with Crippen LogP contribution in [0, 0.1) is 10.1 Å². The zero-order valence-electron chi connectivity index (χ0n) is 14.6. The molecule has 2 rings (SSSR count). The number of carbonyl (C=O) groups is 1. The molecule has 25 heavy (non-hydrogen) atoms. The Kier molecular flexibility index (Phi) is 6.57. The van der Waals surface area contributed by atoms with Crippen molar-refractivity contribution in [2.45, 2.75) is 13.0 Å². The number of halogens is 1. The zero-order chi connectivity index (χ0) is 18.6. The lowest BCUT2D eigenvalue weighted by Crippen LogP contribution is -2.47. The minimum Gasteiger partial charge on any atom is -0.465 e. The van der Waals surface area contributed by atoms with Crippen molar-refractivity contribution < 1.29 is 14.5 Å². The molecule has 1 heterocycles. The fourth-order valence-electron chi connectivity index (χ4n) is 2.82. The van der Waals surface area contributed by atoms with Gasteiger partial charge >= 0.3 is 5.97 Å². The molecule has 1 N–H and O–H groups in total. The van der Waals surface area contributed by atoms with Crippen LogP contribution in [0.1, 0.15) is 17.3 Å². The van der Waals surface area contributed by atoms with E-state index in [9.17, 15) is 14.9 Å². The van der Waals surface area contributed by atoms with Gasteiger partial charge in [-0.3, -0.25) is 15.0 Å². The summed E-state index contributed by atoms with van der Waals surface area (Å²) in [5.74, 6) is -0.704. The summed E-state index contributed by atoms with van der Waals surface area (Å²) in [5, 5.41) is 14.6. The van der Waals surface area contributed by atoms with Crippen LogP contribution >= 0.6 is 11.6 Å². The van der Waals surface area contributed by atoms with E-state index in [0.29, 0.717) is 5.69 Å². The summed E-state index contributed by atoms with van der Waals surface area (Å²) >= 11 is 6.09. The van der Waals surface area contributed by atoms with Crippen molar-refractivity contribution in [3.8, 4) is 0 Å². The van der Waals surface area contributed by atoms with Gasteiger partial charge in [-0.2, -0.15) is 0 Å². The van der Waals surface area contributed by atoms with Gasteiger partial charge in [0.2, 0.25) is 0 Å². The maximum Gasteiger partial charge on any atom is 0.339 e. The number of nitrogens with one attached hydrogen (secondary N) is 1. The third-order valence-corrected chi connectivity index (χ3v) is 4.53. The van der Waals surface area contributed by atoms with Crippen LogP contribution in [0.15, 0.2) is 12.1 Å². The summed E-state index contributed by atoms with van der Waals surface area (Å²) in [6.45, 7) is 6.67. The highest BCUT2D eigenvalue weighted by Crippen LogP contribution is 2.32. The lowest BCUT2D eigenvalue weighted by molar-refractivity contribution is -0.384. The van der Waals surface area contributed by atoms with Gasteiger partial charge in [-0.1, -0.05) is 11.6 Å². The molecule has 0 bridgehead atoms. The molecule has 0 amide bonds. The average Bonchev–Trinajstić information content (AvgIpc) is 2.56. The molecule has 1 aliphatic rings. The van der Waals surface area contributed by atoms with Crippen molar-refractivity contribution in [2.75, 3.05) is 52.2 Å². The number of methoxy groups -OCH3 is 1. The van der Waals surface area contributed by atoms with E-state index in [1.807, 2.05) is 6.92 Å². The minimum absolute atomic E-state index is 0.0119. The number of rotatable bonds is 6. The molecule has 0 aliphatic carbocycles. The second-order valence-electron chi connectivity index (χ2n) is 6.25. The van der Waals surface area contributed by atoms with E-state index in [0.717, 1.165) is 38.8 Å². The van der Waals surface area contributed by atoms with Gasteiger partial charge in [-0.15, -0.1) is 0 Å². The second-order valence-corrected chi connectivity index (χ2v) is 6.65. The normalized spacial score (nSPS) is 17.1. The predicted octanol–water partition coefficient (Wildman–Crippen LogP) is 2.08. The Morgan fingerprint density at radius 3 is 2.60 bits per heavy atom. The molecule has 0 radical (unpaired) electrons. The molecular formula is C16H23ClN4O4. The summed E-state index contributed by atoms with van der Waals surface area (Å²) < 4.78 is 4.60. The topological polar surface area (TPSA) is 87.9 Å². The number of anilines is 1. The second kappa shape index (κ2) is 8.46. The van der Waals surface area contributed by atoms with Crippen LogP contribution in [0.4, 0.5) is 11.4 Å². The SMILES string of the molecule is COC(=O)c1cc([N+](=O)[O-])c(NC(C)CN2CCN(C)CC2)cc1Cl. The molecule has 1 aromatic rings. The van der Waals surface area contributed by atoms with Crippen molar-refractivity contribution in [1.82, 2.24) is 9.80 Å². The smallest absolute Gasteiger partial charge is 0.339 e. The van der Waals surface area contributed by atoms with Crippen LogP contribution in [0.25, 0.3) is 0 Å². The van der Waals surface area contributed by atoms with E-state index in [1.165, 1.54) is 13.2 Å². The third-order valence-electron chi connectivity index (χ3n) is 4.22. The summed E-state index contributed by atoms with van der Waals surface area (Å²) in [7, 11) is 3.29. The summed E-state index contributed by atoms with van der Waals surface area (Å²) in [6.07, 6.45) is 0. The largest absolute Gasteiger partial charge is 0.465 e. The standard InChI is InChI=1S/C16H23ClN4O4/c1-11(10-20-6-4-19(2)5-7-20)18-14-9-13(17)12(16(22)25-3)8-15(14)21(23)24/h8-9,11,18H,4-7,10H2,1-3H3. The first kappa shape index (κ1) is 19.4. The molecule has 138 valence electrons. The van der Waals surface area contributed by atoms with E-state index in [2.05, 4.69) is 26.9 Å². The first-order valence-corrected chi connectivity index (χ1v) is 8.43. The molecule has 1 saturated heterocycles. The van der Waals surface area contributed by atoms with Crippen LogP contribution in [0.5, 0.6) is 0 Å². The molecule has 1 aliphatic heterocycles. The van der Waals surface area contributed by atoms with E-state index in [-0.39, 0.29) is 22.3 Å². The first-order valence-electron chi connectivity index (χ1n) is 8.05. The number of nitro benzene ring substituents is 1. The first-order chi connectivity index (χ1) is 11.8. The molecule has 1 aromatic carbocycles. The Balaban J connectivity index is 2.13. The number of nitrogens with zero attached hydrogens (tertiary/aromatic N) is 3. The van der Waals surface area contributed by atoms with Crippen molar-refractivity contribution in [3.63, 3.8) is 0 Å². The van der Waals surface area contributed by atoms with Gasteiger partial charge in [-0.25, -0.2) is 4.79 Å². The minimum atomic E-state index is -0.704. The van der Waals surface area contributed by atoms with Gasteiger partial charge in [-0.05, 0) is 20.0 Å². The van der Waals surface area contributed by atoms with Gasteiger partial charge in [0.05, 0.1) is 22.6 Å².